The Kier molecular flexibility index (Phi) is 5.56. The van der Waals surface area contributed by atoms with Crippen molar-refractivity contribution >= 4 is 27.7 Å². The fourth-order valence-corrected chi connectivity index (χ4v) is 2.65. The molecule has 3 nitrogen and oxygen atoms in total. The van der Waals surface area contributed by atoms with Crippen LogP contribution in [0.25, 0.3) is 0 Å². The molecule has 0 fully saturated rings. The molecule has 0 aliphatic rings. The molecule has 0 aliphatic carbocycles. The molecule has 0 bridgehead atoms. The van der Waals surface area contributed by atoms with E-state index in [2.05, 4.69) is 32.8 Å². The molecule has 1 unspecified atom stereocenters. The number of hydrogen-bond donors (Lipinski definition) is 1. The molecular weight excluding hydrogens is 276 g/mol. The smallest absolute Gasteiger partial charge is 0.130 e. The van der Waals surface area contributed by atoms with Crippen LogP contribution in [0.3, 0.4) is 0 Å². The summed E-state index contributed by atoms with van der Waals surface area (Å²) in [6.07, 6.45) is 1.62. The minimum Gasteiger partial charge on any atom is -0.396 e. The van der Waals surface area contributed by atoms with Gasteiger partial charge in [-0.3, -0.25) is 0 Å². The van der Waals surface area contributed by atoms with Crippen LogP contribution in [0.5, 0.6) is 0 Å². The van der Waals surface area contributed by atoms with E-state index in [1.165, 1.54) is 0 Å². The fraction of sp³-hybridized carbons (Fsp3) is 0.600. The predicted molar refractivity (Wildman–Crippen MR) is 66.1 cm³/mol. The van der Waals surface area contributed by atoms with Crippen molar-refractivity contribution in [3.63, 3.8) is 0 Å². The van der Waals surface area contributed by atoms with E-state index in [1.54, 1.807) is 11.8 Å². The van der Waals surface area contributed by atoms with Gasteiger partial charge in [-0.05, 0) is 22.4 Å². The second kappa shape index (κ2) is 6.45. The van der Waals surface area contributed by atoms with Crippen LogP contribution >= 0.6 is 27.7 Å². The largest absolute Gasteiger partial charge is 0.396 e. The number of aliphatic hydroxyl groups is 1. The third-order valence-corrected chi connectivity index (χ3v) is 3.39. The van der Waals surface area contributed by atoms with E-state index in [0.717, 1.165) is 28.3 Å². The van der Waals surface area contributed by atoms with Crippen LogP contribution in [0.15, 0.2) is 15.7 Å². The van der Waals surface area contributed by atoms with Gasteiger partial charge in [-0.25, -0.2) is 9.97 Å². The molecular formula is C10H15BrN2OS. The van der Waals surface area contributed by atoms with Gasteiger partial charge in [0.05, 0.1) is 0 Å². The highest BCUT2D eigenvalue weighted by Crippen LogP contribution is 2.25. The highest BCUT2D eigenvalue weighted by Gasteiger charge is 2.07. The third-order valence-electron chi connectivity index (χ3n) is 1.89. The van der Waals surface area contributed by atoms with Crippen molar-refractivity contribution in [2.45, 2.75) is 37.0 Å². The van der Waals surface area contributed by atoms with E-state index in [0.29, 0.717) is 5.25 Å². The lowest BCUT2D eigenvalue weighted by atomic mass is 10.3. The van der Waals surface area contributed by atoms with Crippen molar-refractivity contribution in [2.24, 2.45) is 0 Å². The maximum Gasteiger partial charge on any atom is 0.130 e. The quantitative estimate of drug-likeness (QED) is 0.669. The first kappa shape index (κ1) is 12.9. The Bertz CT molecular complexity index is 322. The second-order valence-corrected chi connectivity index (χ2v) is 5.51. The Morgan fingerprint density at radius 2 is 2.27 bits per heavy atom. The number of aliphatic hydroxyl groups excluding tert-OH is 1. The molecule has 15 heavy (non-hydrogen) atoms. The number of nitrogens with zero attached hydrogens (tertiary/aromatic N) is 2. The summed E-state index contributed by atoms with van der Waals surface area (Å²) < 4.78 is 0.827. The Labute approximate surface area is 103 Å². The molecule has 0 aromatic carbocycles. The normalized spacial score (nSPS) is 12.8. The zero-order valence-electron chi connectivity index (χ0n) is 8.90. The van der Waals surface area contributed by atoms with E-state index in [1.807, 2.05) is 13.0 Å². The summed E-state index contributed by atoms with van der Waals surface area (Å²) in [5.74, 6) is 0.850. The van der Waals surface area contributed by atoms with Crippen LogP contribution in [0.2, 0.25) is 0 Å². The van der Waals surface area contributed by atoms with Crippen LogP contribution in [0, 0.1) is 0 Å². The van der Waals surface area contributed by atoms with Gasteiger partial charge < -0.3 is 5.11 Å². The third kappa shape index (κ3) is 4.49. The van der Waals surface area contributed by atoms with E-state index in [9.17, 15) is 0 Å². The first-order valence-corrected chi connectivity index (χ1v) is 6.64. The molecule has 1 aromatic heterocycles. The number of thioether (sulfide) groups is 1. The average molecular weight is 291 g/mol. The Morgan fingerprint density at radius 3 is 2.87 bits per heavy atom. The molecule has 1 N–H and O–H groups in total. The Morgan fingerprint density at radius 1 is 1.53 bits per heavy atom. The summed E-state index contributed by atoms with van der Waals surface area (Å²) in [7, 11) is 0. The van der Waals surface area contributed by atoms with Gasteiger partial charge in [0.25, 0.3) is 0 Å². The minimum atomic E-state index is 0.223. The lowest BCUT2D eigenvalue weighted by Gasteiger charge is -2.09. The van der Waals surface area contributed by atoms with Crippen molar-refractivity contribution in [3.05, 3.63) is 16.5 Å². The van der Waals surface area contributed by atoms with Gasteiger partial charge in [0.1, 0.15) is 15.5 Å². The highest BCUT2D eigenvalue weighted by atomic mass is 79.9. The van der Waals surface area contributed by atoms with Crippen molar-refractivity contribution in [1.29, 1.82) is 0 Å². The molecule has 1 heterocycles. The minimum absolute atomic E-state index is 0.223. The number of hydrogen-bond acceptors (Lipinski definition) is 4. The molecule has 0 saturated heterocycles. The number of rotatable bonds is 5. The van der Waals surface area contributed by atoms with Crippen molar-refractivity contribution in [1.82, 2.24) is 9.97 Å². The van der Waals surface area contributed by atoms with E-state index >= 15 is 0 Å². The summed E-state index contributed by atoms with van der Waals surface area (Å²) in [6.45, 7) is 4.34. The van der Waals surface area contributed by atoms with Crippen LogP contribution in [-0.4, -0.2) is 26.9 Å². The molecule has 0 saturated carbocycles. The predicted octanol–water partition coefficient (Wildman–Crippen LogP) is 2.66. The molecule has 0 amide bonds. The van der Waals surface area contributed by atoms with Gasteiger partial charge in [-0.15, -0.1) is 11.8 Å². The fourth-order valence-electron chi connectivity index (χ4n) is 1.11. The maximum absolute atomic E-state index is 8.81. The molecule has 0 radical (unpaired) electrons. The van der Waals surface area contributed by atoms with Gasteiger partial charge in [0, 0.05) is 24.3 Å². The molecule has 1 atom stereocenters. The van der Waals surface area contributed by atoms with E-state index < -0.39 is 0 Å². The molecule has 0 spiro atoms. The summed E-state index contributed by atoms with van der Waals surface area (Å²) in [5.41, 5.74) is 0. The summed E-state index contributed by atoms with van der Waals surface area (Å²) >= 11 is 5.04. The van der Waals surface area contributed by atoms with Crippen molar-refractivity contribution in [3.8, 4) is 0 Å². The lowest BCUT2D eigenvalue weighted by molar-refractivity contribution is 0.289. The first-order valence-electron chi connectivity index (χ1n) is 4.96. The van der Waals surface area contributed by atoms with Crippen LogP contribution in [0.1, 0.15) is 26.1 Å². The number of aromatic nitrogens is 2. The van der Waals surface area contributed by atoms with Gasteiger partial charge in [0.15, 0.2) is 0 Å². The zero-order valence-corrected chi connectivity index (χ0v) is 11.3. The van der Waals surface area contributed by atoms with Crippen molar-refractivity contribution < 1.29 is 5.11 Å². The highest BCUT2D eigenvalue weighted by molar-refractivity contribution is 9.10. The number of halogens is 1. The Balaban J connectivity index is 2.71. The monoisotopic (exact) mass is 290 g/mol. The Hall–Kier alpha value is -0.130. The topological polar surface area (TPSA) is 46.0 Å². The zero-order chi connectivity index (χ0) is 11.3. The average Bonchev–Trinajstić information content (AvgIpc) is 2.17. The standard InChI is InChI=1S/C10H15BrN2OS/c1-3-9-12-8(11)6-10(13-9)15-7(2)4-5-14/h6-7,14H,3-5H2,1-2H3. The van der Waals surface area contributed by atoms with Gasteiger partial charge in [0.2, 0.25) is 0 Å². The van der Waals surface area contributed by atoms with Gasteiger partial charge >= 0.3 is 0 Å². The van der Waals surface area contributed by atoms with Crippen molar-refractivity contribution in [2.75, 3.05) is 6.61 Å². The van der Waals surface area contributed by atoms with Gasteiger partial charge in [-0.2, -0.15) is 0 Å². The first-order chi connectivity index (χ1) is 7.15. The maximum atomic E-state index is 8.81. The summed E-state index contributed by atoms with van der Waals surface area (Å²) in [5, 5.41) is 10.2. The molecule has 1 rings (SSSR count). The molecule has 84 valence electrons. The molecule has 5 heteroatoms. The van der Waals surface area contributed by atoms with E-state index in [4.69, 9.17) is 5.11 Å². The summed E-state index contributed by atoms with van der Waals surface area (Å²) in [4.78, 5) is 8.66. The van der Waals surface area contributed by atoms with Gasteiger partial charge in [-0.1, -0.05) is 13.8 Å². The van der Waals surface area contributed by atoms with Crippen LogP contribution in [0.4, 0.5) is 0 Å². The number of aryl methyl sites for hydroxylation is 1. The molecule has 0 aliphatic heterocycles. The molecule has 1 aromatic rings. The second-order valence-electron chi connectivity index (χ2n) is 3.24. The van der Waals surface area contributed by atoms with E-state index in [-0.39, 0.29) is 6.61 Å². The summed E-state index contributed by atoms with van der Waals surface area (Å²) in [6, 6.07) is 1.91. The van der Waals surface area contributed by atoms with Crippen LogP contribution < -0.4 is 0 Å². The lowest BCUT2D eigenvalue weighted by Crippen LogP contribution is -2.01. The van der Waals surface area contributed by atoms with Crippen LogP contribution in [-0.2, 0) is 6.42 Å². The SMILES string of the molecule is CCc1nc(Br)cc(SC(C)CCO)n1.